The third kappa shape index (κ3) is 10.9. The van der Waals surface area contributed by atoms with Crippen LogP contribution in [0.1, 0.15) is 85.0 Å². The minimum Gasteiger partial charge on any atom is -0.491 e. The van der Waals surface area contributed by atoms with Crippen molar-refractivity contribution in [2.75, 3.05) is 19.8 Å². The van der Waals surface area contributed by atoms with Gasteiger partial charge in [-0.05, 0) is 50.1 Å². The quantitative estimate of drug-likeness (QED) is 0.228. The third-order valence-corrected chi connectivity index (χ3v) is 5.42. The van der Waals surface area contributed by atoms with Gasteiger partial charge in [0.15, 0.2) is 0 Å². The second-order valence-corrected chi connectivity index (χ2v) is 8.45. The maximum Gasteiger partial charge on any atom is 0.233 e. The first-order chi connectivity index (χ1) is 15.7. The highest BCUT2D eigenvalue weighted by molar-refractivity contribution is 5.59. The number of benzene rings is 1. The number of hydrogen-bond donors (Lipinski definition) is 0. The summed E-state index contributed by atoms with van der Waals surface area (Å²) in [5.41, 5.74) is 1.83. The van der Waals surface area contributed by atoms with Crippen LogP contribution in [0.4, 0.5) is 0 Å². The molecule has 2 rings (SSSR count). The van der Waals surface area contributed by atoms with E-state index in [2.05, 4.69) is 24.0 Å². The standard InChI is InChI=1S/C27H42N2O3/c1-4-6-8-9-10-11-13-21-31-27-19-18-26(28-29-27)24-14-16-25(17-15-24)32-22-23(3)30-20-12-7-5-2/h14-19,23H,4-13,20-22H2,1-3H3. The molecule has 0 aliphatic heterocycles. The first kappa shape index (κ1) is 26.1. The Kier molecular flexibility index (Phi) is 13.5. The minimum atomic E-state index is 0.0889. The van der Waals surface area contributed by atoms with E-state index >= 15 is 0 Å². The van der Waals surface area contributed by atoms with Crippen LogP contribution in [0.3, 0.4) is 0 Å². The zero-order valence-corrected chi connectivity index (χ0v) is 20.4. The largest absolute Gasteiger partial charge is 0.491 e. The molecule has 1 unspecified atom stereocenters. The van der Waals surface area contributed by atoms with Crippen LogP contribution in [-0.2, 0) is 4.74 Å². The highest BCUT2D eigenvalue weighted by atomic mass is 16.5. The van der Waals surface area contributed by atoms with Crippen molar-refractivity contribution in [3.05, 3.63) is 36.4 Å². The highest BCUT2D eigenvalue weighted by Crippen LogP contribution is 2.21. The highest BCUT2D eigenvalue weighted by Gasteiger charge is 2.06. The number of nitrogens with zero attached hydrogens (tertiary/aromatic N) is 2. The molecule has 32 heavy (non-hydrogen) atoms. The molecule has 2 aromatic rings. The Bertz CT molecular complexity index is 704. The fraction of sp³-hybridized carbons (Fsp3) is 0.630. The van der Waals surface area contributed by atoms with Crippen molar-refractivity contribution in [3.63, 3.8) is 0 Å². The van der Waals surface area contributed by atoms with Gasteiger partial charge in [-0.25, -0.2) is 0 Å². The van der Waals surface area contributed by atoms with Gasteiger partial charge >= 0.3 is 0 Å². The number of hydrogen-bond acceptors (Lipinski definition) is 5. The van der Waals surface area contributed by atoms with E-state index in [1.165, 1.54) is 51.4 Å². The molecule has 1 aromatic heterocycles. The van der Waals surface area contributed by atoms with Gasteiger partial charge in [-0.2, -0.15) is 0 Å². The lowest BCUT2D eigenvalue weighted by Crippen LogP contribution is -2.18. The Labute approximate surface area is 194 Å². The molecule has 0 aliphatic rings. The molecule has 0 amide bonds. The monoisotopic (exact) mass is 442 g/mol. The lowest BCUT2D eigenvalue weighted by atomic mass is 10.1. The van der Waals surface area contributed by atoms with Gasteiger partial charge in [0.05, 0.1) is 18.4 Å². The molecule has 0 fully saturated rings. The van der Waals surface area contributed by atoms with Gasteiger partial charge in [-0.15, -0.1) is 10.2 Å². The predicted molar refractivity (Wildman–Crippen MR) is 131 cm³/mol. The van der Waals surface area contributed by atoms with E-state index in [-0.39, 0.29) is 6.10 Å². The molecule has 178 valence electrons. The van der Waals surface area contributed by atoms with Crippen LogP contribution in [0.2, 0.25) is 0 Å². The van der Waals surface area contributed by atoms with Crippen molar-refractivity contribution in [1.29, 1.82) is 0 Å². The van der Waals surface area contributed by atoms with Gasteiger partial charge in [-0.1, -0.05) is 65.2 Å². The van der Waals surface area contributed by atoms with Gasteiger partial charge in [0, 0.05) is 18.2 Å². The number of unbranched alkanes of at least 4 members (excludes halogenated alkanes) is 8. The topological polar surface area (TPSA) is 53.5 Å². The molecule has 1 heterocycles. The van der Waals surface area contributed by atoms with E-state index in [0.717, 1.165) is 36.5 Å². The van der Waals surface area contributed by atoms with E-state index in [9.17, 15) is 0 Å². The maximum atomic E-state index is 5.85. The number of ether oxygens (including phenoxy) is 3. The minimum absolute atomic E-state index is 0.0889. The molecule has 0 radical (unpaired) electrons. The number of aromatic nitrogens is 2. The second kappa shape index (κ2) is 16.5. The molecular formula is C27H42N2O3. The van der Waals surface area contributed by atoms with Crippen LogP contribution >= 0.6 is 0 Å². The van der Waals surface area contributed by atoms with Crippen LogP contribution in [0.25, 0.3) is 11.3 Å². The van der Waals surface area contributed by atoms with Crippen molar-refractivity contribution < 1.29 is 14.2 Å². The Morgan fingerprint density at radius 3 is 2.03 bits per heavy atom. The molecule has 1 aromatic carbocycles. The predicted octanol–water partition coefficient (Wildman–Crippen LogP) is 7.25. The SMILES string of the molecule is CCCCCCCCCOc1ccc(-c2ccc(OCC(C)OCCCCC)cc2)nn1. The first-order valence-electron chi connectivity index (χ1n) is 12.5. The lowest BCUT2D eigenvalue weighted by molar-refractivity contribution is 0.0304. The van der Waals surface area contributed by atoms with Crippen LogP contribution in [0.5, 0.6) is 11.6 Å². The molecule has 1 atom stereocenters. The van der Waals surface area contributed by atoms with Crippen molar-refractivity contribution >= 4 is 0 Å². The molecule has 5 heteroatoms. The Morgan fingerprint density at radius 1 is 0.688 bits per heavy atom. The molecule has 0 aliphatic carbocycles. The van der Waals surface area contributed by atoms with Crippen LogP contribution in [0.15, 0.2) is 36.4 Å². The van der Waals surface area contributed by atoms with E-state index in [0.29, 0.717) is 19.1 Å². The Hall–Kier alpha value is -2.14. The Morgan fingerprint density at radius 2 is 1.34 bits per heavy atom. The maximum absolute atomic E-state index is 5.85. The van der Waals surface area contributed by atoms with E-state index in [4.69, 9.17) is 14.2 Å². The summed E-state index contributed by atoms with van der Waals surface area (Å²) in [7, 11) is 0. The molecule has 0 saturated heterocycles. The lowest BCUT2D eigenvalue weighted by Gasteiger charge is -2.14. The van der Waals surface area contributed by atoms with Crippen LogP contribution < -0.4 is 9.47 Å². The fourth-order valence-electron chi connectivity index (χ4n) is 3.41. The zero-order chi connectivity index (χ0) is 22.9. The summed E-state index contributed by atoms with van der Waals surface area (Å²) in [6, 6.07) is 11.8. The molecule has 0 N–H and O–H groups in total. The Balaban J connectivity index is 1.67. The van der Waals surface area contributed by atoms with E-state index in [1.54, 1.807) is 0 Å². The average Bonchev–Trinajstić information content (AvgIpc) is 2.83. The number of rotatable bonds is 18. The van der Waals surface area contributed by atoms with Gasteiger partial charge in [0.2, 0.25) is 5.88 Å². The molecule has 5 nitrogen and oxygen atoms in total. The van der Waals surface area contributed by atoms with Crippen molar-refractivity contribution in [3.8, 4) is 22.9 Å². The van der Waals surface area contributed by atoms with Crippen LogP contribution in [-0.4, -0.2) is 36.1 Å². The summed E-state index contributed by atoms with van der Waals surface area (Å²) in [6.45, 7) is 8.55. The van der Waals surface area contributed by atoms with E-state index < -0.39 is 0 Å². The first-order valence-corrected chi connectivity index (χ1v) is 12.5. The summed E-state index contributed by atoms with van der Waals surface area (Å²) >= 11 is 0. The molecule has 0 bridgehead atoms. The van der Waals surface area contributed by atoms with Gasteiger partial charge < -0.3 is 14.2 Å². The molecule has 0 saturated carbocycles. The van der Waals surface area contributed by atoms with Gasteiger partial charge in [0.1, 0.15) is 12.4 Å². The average molecular weight is 443 g/mol. The van der Waals surface area contributed by atoms with Gasteiger partial charge in [-0.3, -0.25) is 0 Å². The van der Waals surface area contributed by atoms with Crippen LogP contribution in [0, 0.1) is 0 Å². The summed E-state index contributed by atoms with van der Waals surface area (Å²) in [6.07, 6.45) is 12.5. The summed E-state index contributed by atoms with van der Waals surface area (Å²) in [5, 5.41) is 8.53. The smallest absolute Gasteiger partial charge is 0.233 e. The zero-order valence-electron chi connectivity index (χ0n) is 20.4. The van der Waals surface area contributed by atoms with Crippen molar-refractivity contribution in [1.82, 2.24) is 10.2 Å². The summed E-state index contributed by atoms with van der Waals surface area (Å²) in [5.74, 6) is 1.42. The molecular weight excluding hydrogens is 400 g/mol. The second-order valence-electron chi connectivity index (χ2n) is 8.45. The van der Waals surface area contributed by atoms with E-state index in [1.807, 2.05) is 43.3 Å². The van der Waals surface area contributed by atoms with Crippen molar-refractivity contribution in [2.45, 2.75) is 91.1 Å². The fourth-order valence-corrected chi connectivity index (χ4v) is 3.41. The van der Waals surface area contributed by atoms with Gasteiger partial charge in [0.25, 0.3) is 0 Å². The third-order valence-electron chi connectivity index (χ3n) is 5.42. The summed E-state index contributed by atoms with van der Waals surface area (Å²) in [4.78, 5) is 0. The molecule has 0 spiro atoms. The van der Waals surface area contributed by atoms with Crippen molar-refractivity contribution in [2.24, 2.45) is 0 Å². The summed E-state index contributed by atoms with van der Waals surface area (Å²) < 4.78 is 17.4. The normalized spacial score (nSPS) is 12.0.